The van der Waals surface area contributed by atoms with Crippen LogP contribution >= 0.6 is 12.6 Å². The predicted molar refractivity (Wildman–Crippen MR) is 110 cm³/mol. The fraction of sp³-hybridized carbons (Fsp3) is 0.0952. The number of nitrogens with zero attached hydrogens (tertiary/aromatic N) is 4. The molecule has 136 valence electrons. The predicted octanol–water partition coefficient (Wildman–Crippen LogP) is 4.06. The third-order valence-electron chi connectivity index (χ3n) is 5.52. The smallest absolute Gasteiger partial charge is 0.193 e. The van der Waals surface area contributed by atoms with Crippen LogP contribution in [0.1, 0.15) is 11.1 Å². The van der Waals surface area contributed by atoms with Gasteiger partial charge in [-0.25, -0.2) is 4.98 Å². The van der Waals surface area contributed by atoms with Crippen LogP contribution in [0.4, 0.5) is 0 Å². The summed E-state index contributed by atoms with van der Waals surface area (Å²) in [6.07, 6.45) is 3.73. The van der Waals surface area contributed by atoms with E-state index in [0.29, 0.717) is 16.5 Å². The summed E-state index contributed by atoms with van der Waals surface area (Å²) in [6, 6.07) is 14.1. The number of hydrogen-bond acceptors (Lipinski definition) is 5. The van der Waals surface area contributed by atoms with E-state index >= 15 is 0 Å². The van der Waals surface area contributed by atoms with Gasteiger partial charge in [-0.05, 0) is 41.5 Å². The van der Waals surface area contributed by atoms with E-state index in [4.69, 9.17) is 0 Å². The van der Waals surface area contributed by atoms with Crippen molar-refractivity contribution in [2.45, 2.75) is 18.0 Å². The van der Waals surface area contributed by atoms with Crippen LogP contribution in [-0.4, -0.2) is 29.8 Å². The molecule has 0 bridgehead atoms. The van der Waals surface area contributed by atoms with Gasteiger partial charge in [-0.15, -0.1) is 22.8 Å². The molecule has 0 radical (unpaired) electrons. The van der Waals surface area contributed by atoms with Crippen molar-refractivity contribution in [3.8, 4) is 22.8 Å². The fourth-order valence-corrected chi connectivity index (χ4v) is 4.50. The van der Waals surface area contributed by atoms with Crippen LogP contribution in [0, 0.1) is 0 Å². The summed E-state index contributed by atoms with van der Waals surface area (Å²) < 4.78 is 1.89. The first-order valence-corrected chi connectivity index (χ1v) is 9.50. The van der Waals surface area contributed by atoms with Crippen LogP contribution in [0.2, 0.25) is 0 Å². The molecule has 2 heterocycles. The van der Waals surface area contributed by atoms with E-state index in [9.17, 15) is 5.11 Å². The number of phenols is 1. The van der Waals surface area contributed by atoms with Gasteiger partial charge in [0, 0.05) is 11.5 Å². The molecule has 0 atom stereocenters. The lowest BCUT2D eigenvalue weighted by Gasteiger charge is -2.13. The lowest BCUT2D eigenvalue weighted by Crippen LogP contribution is -2.00. The van der Waals surface area contributed by atoms with Gasteiger partial charge in [-0.1, -0.05) is 24.3 Å². The first-order chi connectivity index (χ1) is 13.7. The number of aromatic nitrogens is 5. The number of aryl methyl sites for hydroxylation is 2. The maximum absolute atomic E-state index is 10.6. The largest absolute Gasteiger partial charge is 0.507 e. The topological polar surface area (TPSA) is 79.6 Å². The molecule has 0 saturated heterocycles. The number of aromatic amines is 1. The third kappa shape index (κ3) is 2.07. The molecule has 28 heavy (non-hydrogen) atoms. The van der Waals surface area contributed by atoms with Gasteiger partial charge in [0.25, 0.3) is 0 Å². The molecule has 1 aliphatic carbocycles. The van der Waals surface area contributed by atoms with E-state index in [2.05, 4.69) is 63.1 Å². The van der Waals surface area contributed by atoms with E-state index < -0.39 is 0 Å². The zero-order valence-electron chi connectivity index (χ0n) is 14.7. The molecule has 0 aliphatic heterocycles. The lowest BCUT2D eigenvalue weighted by molar-refractivity contribution is 0.477. The number of hydrogen-bond donors (Lipinski definition) is 3. The molecule has 0 spiro atoms. The number of aromatic hydroxyl groups is 1. The maximum atomic E-state index is 10.6. The molecule has 6 nitrogen and oxygen atoms in total. The normalized spacial score (nSPS) is 13.0. The highest BCUT2D eigenvalue weighted by atomic mass is 32.1. The Morgan fingerprint density at radius 2 is 1.89 bits per heavy atom. The molecule has 0 amide bonds. The Hall–Kier alpha value is -3.32. The average molecular weight is 385 g/mol. The number of fused-ring (bicyclic) bond motifs is 1. The van der Waals surface area contributed by atoms with Crippen molar-refractivity contribution >= 4 is 34.4 Å². The molecule has 3 aromatic carbocycles. The van der Waals surface area contributed by atoms with Crippen LogP contribution in [0.5, 0.6) is 5.75 Å². The van der Waals surface area contributed by atoms with Crippen LogP contribution in [0.3, 0.4) is 0 Å². The van der Waals surface area contributed by atoms with Crippen LogP contribution in [-0.2, 0) is 12.8 Å². The summed E-state index contributed by atoms with van der Waals surface area (Å²) in [6.45, 7) is 0. The van der Waals surface area contributed by atoms with Gasteiger partial charge >= 0.3 is 0 Å². The SMILES string of the molecule is Oc1cc2[nH]cnc2cc1-c1nnc(S)n1-c1ccc2c3c(cccc13)CC2. The Kier molecular flexibility index (Phi) is 3.14. The van der Waals surface area contributed by atoms with Crippen molar-refractivity contribution in [2.75, 3.05) is 0 Å². The minimum atomic E-state index is 0.115. The first-order valence-electron chi connectivity index (χ1n) is 9.05. The van der Waals surface area contributed by atoms with Crippen molar-refractivity contribution in [3.05, 3.63) is 59.9 Å². The molecule has 0 saturated carbocycles. The highest BCUT2D eigenvalue weighted by Gasteiger charge is 2.22. The number of rotatable bonds is 2. The number of benzene rings is 3. The minimum Gasteiger partial charge on any atom is -0.507 e. The third-order valence-corrected chi connectivity index (χ3v) is 5.81. The second kappa shape index (κ2) is 5.59. The summed E-state index contributed by atoms with van der Waals surface area (Å²) in [7, 11) is 0. The summed E-state index contributed by atoms with van der Waals surface area (Å²) in [4.78, 5) is 7.30. The molecule has 5 aromatic rings. The Morgan fingerprint density at radius 3 is 2.79 bits per heavy atom. The Morgan fingerprint density at radius 1 is 1.04 bits per heavy atom. The summed E-state index contributed by atoms with van der Waals surface area (Å²) in [5, 5.41) is 22.0. The van der Waals surface area contributed by atoms with Gasteiger partial charge in [0.2, 0.25) is 0 Å². The molecule has 1 aliphatic rings. The molecule has 6 rings (SSSR count). The van der Waals surface area contributed by atoms with Gasteiger partial charge in [-0.2, -0.15) is 0 Å². The van der Waals surface area contributed by atoms with Crippen LogP contribution in [0.25, 0.3) is 38.9 Å². The van der Waals surface area contributed by atoms with E-state index in [1.807, 2.05) is 10.6 Å². The highest BCUT2D eigenvalue weighted by molar-refractivity contribution is 7.80. The quantitative estimate of drug-likeness (QED) is 0.401. The zero-order chi connectivity index (χ0) is 18.8. The molecular formula is C21H15N5OS. The van der Waals surface area contributed by atoms with Crippen molar-refractivity contribution in [3.63, 3.8) is 0 Å². The number of imidazole rings is 1. The van der Waals surface area contributed by atoms with E-state index in [0.717, 1.165) is 34.9 Å². The second-order valence-electron chi connectivity index (χ2n) is 7.03. The Labute approximate surface area is 165 Å². The number of H-pyrrole nitrogens is 1. The molecule has 7 heteroatoms. The van der Waals surface area contributed by atoms with Crippen molar-refractivity contribution in [2.24, 2.45) is 0 Å². The standard InChI is InChI=1S/C21H15N5OS/c27-18-9-16-15(22-10-23-16)8-14(18)20-24-25-21(28)26(20)17-7-6-12-5-4-11-2-1-3-13(17)19(11)12/h1-3,6-10,27H,4-5H2,(H,22,23)(H,25,28). The fourth-order valence-electron chi connectivity index (χ4n) is 4.25. The van der Waals surface area contributed by atoms with Gasteiger partial charge in [0.15, 0.2) is 11.0 Å². The molecule has 0 unspecified atom stereocenters. The zero-order valence-corrected chi connectivity index (χ0v) is 15.6. The van der Waals surface area contributed by atoms with Gasteiger partial charge in [0.05, 0.1) is 28.6 Å². The van der Waals surface area contributed by atoms with E-state index in [1.54, 1.807) is 12.4 Å². The Bertz CT molecular complexity index is 1390. The van der Waals surface area contributed by atoms with E-state index in [-0.39, 0.29) is 5.75 Å². The highest BCUT2D eigenvalue weighted by Crippen LogP contribution is 2.38. The second-order valence-corrected chi connectivity index (χ2v) is 7.43. The minimum absolute atomic E-state index is 0.115. The lowest BCUT2D eigenvalue weighted by atomic mass is 10.0. The number of nitrogens with one attached hydrogen (secondary N) is 1. The van der Waals surface area contributed by atoms with Crippen LogP contribution in [0.15, 0.2) is 53.9 Å². The summed E-state index contributed by atoms with van der Waals surface area (Å²) in [5.74, 6) is 0.649. The first kappa shape index (κ1) is 15.7. The van der Waals surface area contributed by atoms with Gasteiger partial charge in [0.1, 0.15) is 5.75 Å². The number of phenolic OH excluding ortho intramolecular Hbond substituents is 1. The van der Waals surface area contributed by atoms with Crippen molar-refractivity contribution in [1.29, 1.82) is 0 Å². The van der Waals surface area contributed by atoms with Crippen LogP contribution < -0.4 is 0 Å². The summed E-state index contributed by atoms with van der Waals surface area (Å²) in [5.41, 5.74) is 5.77. The monoisotopic (exact) mass is 385 g/mol. The molecule has 2 aromatic heterocycles. The van der Waals surface area contributed by atoms with Crippen molar-refractivity contribution < 1.29 is 5.11 Å². The number of thiol groups is 1. The Balaban J connectivity index is 1.66. The molecular weight excluding hydrogens is 370 g/mol. The van der Waals surface area contributed by atoms with E-state index in [1.165, 1.54) is 16.5 Å². The molecule has 2 N–H and O–H groups in total. The van der Waals surface area contributed by atoms with Gasteiger partial charge < -0.3 is 10.1 Å². The average Bonchev–Trinajstić information content (AvgIpc) is 3.41. The van der Waals surface area contributed by atoms with Gasteiger partial charge in [-0.3, -0.25) is 4.57 Å². The maximum Gasteiger partial charge on any atom is 0.193 e. The summed E-state index contributed by atoms with van der Waals surface area (Å²) >= 11 is 4.55. The molecule has 0 fully saturated rings. The van der Waals surface area contributed by atoms with Crippen molar-refractivity contribution in [1.82, 2.24) is 24.7 Å².